The van der Waals surface area contributed by atoms with E-state index < -0.39 is 0 Å². The monoisotopic (exact) mass is 248 g/mol. The number of rotatable bonds is 4. The molecule has 0 atom stereocenters. The molecule has 0 saturated carbocycles. The van der Waals surface area contributed by atoms with Crippen LogP contribution in [0.3, 0.4) is 0 Å². The Morgan fingerprint density at radius 2 is 2.11 bits per heavy atom. The predicted molar refractivity (Wildman–Crippen MR) is 71.2 cm³/mol. The van der Waals surface area contributed by atoms with Gasteiger partial charge in [0.1, 0.15) is 6.61 Å². The maximum Gasteiger partial charge on any atom is 0.164 e. The Kier molecular flexibility index (Phi) is 3.28. The number of hydrogen-bond acceptors (Lipinski definition) is 4. The Labute approximate surface area is 108 Å². The number of nitrogens with two attached hydrogens (primary N) is 1. The van der Waals surface area contributed by atoms with Crippen molar-refractivity contribution in [2.45, 2.75) is 19.3 Å². The second kappa shape index (κ2) is 5.06. The summed E-state index contributed by atoms with van der Waals surface area (Å²) in [6, 6.07) is 3.85. The molecule has 1 saturated heterocycles. The fourth-order valence-electron chi connectivity index (χ4n) is 2.69. The molecule has 98 valence electrons. The summed E-state index contributed by atoms with van der Waals surface area (Å²) in [6.07, 6.45) is 3.57. The van der Waals surface area contributed by atoms with Crippen LogP contribution < -0.4 is 15.2 Å². The highest BCUT2D eigenvalue weighted by atomic mass is 16.5. The van der Waals surface area contributed by atoms with Crippen molar-refractivity contribution in [2.24, 2.45) is 0 Å². The van der Waals surface area contributed by atoms with Crippen LogP contribution in [0.1, 0.15) is 18.4 Å². The molecule has 0 bridgehead atoms. The quantitative estimate of drug-likeness (QED) is 0.824. The summed E-state index contributed by atoms with van der Waals surface area (Å²) >= 11 is 0. The van der Waals surface area contributed by atoms with Crippen molar-refractivity contribution in [2.75, 3.05) is 38.6 Å². The van der Waals surface area contributed by atoms with Gasteiger partial charge in [-0.05, 0) is 32.0 Å². The smallest absolute Gasteiger partial charge is 0.164 e. The molecular weight excluding hydrogens is 228 g/mol. The molecule has 1 aromatic rings. The van der Waals surface area contributed by atoms with Crippen LogP contribution in [0.5, 0.6) is 11.5 Å². The van der Waals surface area contributed by atoms with E-state index in [1.165, 1.54) is 31.5 Å². The van der Waals surface area contributed by atoms with E-state index >= 15 is 0 Å². The van der Waals surface area contributed by atoms with Crippen molar-refractivity contribution in [3.05, 3.63) is 17.7 Å². The standard InChI is InChI=1S/C14H20N2O2/c15-12-9-11-3-7-18-14(11)13(10-12)17-8-6-16-4-1-2-5-16/h9-10H,1-8,15H2. The molecule has 3 rings (SSSR count). The van der Waals surface area contributed by atoms with E-state index in [4.69, 9.17) is 15.2 Å². The summed E-state index contributed by atoms with van der Waals surface area (Å²) in [7, 11) is 0. The first-order valence-electron chi connectivity index (χ1n) is 6.73. The van der Waals surface area contributed by atoms with Crippen LogP contribution in [0.2, 0.25) is 0 Å². The Balaban J connectivity index is 1.61. The van der Waals surface area contributed by atoms with Gasteiger partial charge in [0.25, 0.3) is 0 Å². The van der Waals surface area contributed by atoms with Crippen LogP contribution in [0.4, 0.5) is 5.69 Å². The normalized spacial score (nSPS) is 18.7. The Morgan fingerprint density at radius 1 is 1.28 bits per heavy atom. The lowest BCUT2D eigenvalue weighted by Crippen LogP contribution is -2.25. The minimum Gasteiger partial charge on any atom is -0.489 e. The number of likely N-dealkylation sites (tertiary alicyclic amines) is 1. The van der Waals surface area contributed by atoms with Crippen molar-refractivity contribution in [3.8, 4) is 11.5 Å². The maximum absolute atomic E-state index is 5.88. The molecule has 1 fully saturated rings. The van der Waals surface area contributed by atoms with Crippen molar-refractivity contribution in [3.63, 3.8) is 0 Å². The van der Waals surface area contributed by atoms with Gasteiger partial charge >= 0.3 is 0 Å². The lowest BCUT2D eigenvalue weighted by atomic mass is 10.1. The highest BCUT2D eigenvalue weighted by Gasteiger charge is 2.19. The largest absolute Gasteiger partial charge is 0.489 e. The zero-order chi connectivity index (χ0) is 12.4. The van der Waals surface area contributed by atoms with E-state index in [1.807, 2.05) is 12.1 Å². The molecular formula is C14H20N2O2. The van der Waals surface area contributed by atoms with Gasteiger partial charge < -0.3 is 15.2 Å². The van der Waals surface area contributed by atoms with Gasteiger partial charge in [-0.1, -0.05) is 0 Å². The second-order valence-corrected chi connectivity index (χ2v) is 5.00. The molecule has 0 radical (unpaired) electrons. The van der Waals surface area contributed by atoms with E-state index in [2.05, 4.69) is 4.90 Å². The number of ether oxygens (including phenoxy) is 2. The molecule has 0 amide bonds. The average Bonchev–Trinajstić information content (AvgIpc) is 2.98. The molecule has 2 aliphatic rings. The highest BCUT2D eigenvalue weighted by Crippen LogP contribution is 2.37. The van der Waals surface area contributed by atoms with Crippen LogP contribution in [0, 0.1) is 0 Å². The van der Waals surface area contributed by atoms with Crippen LogP contribution in [0.25, 0.3) is 0 Å². The third-order valence-electron chi connectivity index (χ3n) is 3.64. The first-order valence-corrected chi connectivity index (χ1v) is 6.73. The molecule has 4 nitrogen and oxygen atoms in total. The van der Waals surface area contributed by atoms with Gasteiger partial charge in [-0.3, -0.25) is 4.90 Å². The summed E-state index contributed by atoms with van der Waals surface area (Å²) in [6.45, 7) is 4.84. The molecule has 0 spiro atoms. The number of hydrogen-bond donors (Lipinski definition) is 1. The van der Waals surface area contributed by atoms with E-state index in [0.29, 0.717) is 6.61 Å². The van der Waals surface area contributed by atoms with E-state index in [-0.39, 0.29) is 0 Å². The topological polar surface area (TPSA) is 47.7 Å². The average molecular weight is 248 g/mol. The van der Waals surface area contributed by atoms with Crippen LogP contribution >= 0.6 is 0 Å². The number of nitrogens with zero attached hydrogens (tertiary/aromatic N) is 1. The molecule has 18 heavy (non-hydrogen) atoms. The molecule has 2 heterocycles. The van der Waals surface area contributed by atoms with Crippen LogP contribution in [-0.4, -0.2) is 37.7 Å². The van der Waals surface area contributed by atoms with Gasteiger partial charge in [0.2, 0.25) is 0 Å². The van der Waals surface area contributed by atoms with E-state index in [1.54, 1.807) is 0 Å². The summed E-state index contributed by atoms with van der Waals surface area (Å²) in [5.74, 6) is 1.70. The zero-order valence-corrected chi connectivity index (χ0v) is 10.7. The van der Waals surface area contributed by atoms with Gasteiger partial charge in [0.05, 0.1) is 6.61 Å². The molecule has 0 aromatic heterocycles. The molecule has 2 aliphatic heterocycles. The maximum atomic E-state index is 5.88. The lowest BCUT2D eigenvalue weighted by Gasteiger charge is -2.16. The predicted octanol–water partition coefficient (Wildman–Crippen LogP) is 1.68. The van der Waals surface area contributed by atoms with Gasteiger partial charge in [-0.2, -0.15) is 0 Å². The molecule has 2 N–H and O–H groups in total. The SMILES string of the molecule is Nc1cc2c(c(OCCN3CCCC3)c1)OCC2. The lowest BCUT2D eigenvalue weighted by molar-refractivity contribution is 0.229. The fraction of sp³-hybridized carbons (Fsp3) is 0.571. The first kappa shape index (κ1) is 11.7. The zero-order valence-electron chi connectivity index (χ0n) is 10.7. The van der Waals surface area contributed by atoms with Crippen molar-refractivity contribution >= 4 is 5.69 Å². The van der Waals surface area contributed by atoms with Crippen molar-refractivity contribution in [1.82, 2.24) is 4.90 Å². The van der Waals surface area contributed by atoms with Crippen LogP contribution in [-0.2, 0) is 6.42 Å². The van der Waals surface area contributed by atoms with Gasteiger partial charge in [0, 0.05) is 30.3 Å². The summed E-state index contributed by atoms with van der Waals surface area (Å²) in [5.41, 5.74) is 7.81. The van der Waals surface area contributed by atoms with Crippen LogP contribution in [0.15, 0.2) is 12.1 Å². The van der Waals surface area contributed by atoms with Gasteiger partial charge in [-0.15, -0.1) is 0 Å². The number of fused-ring (bicyclic) bond motifs is 1. The third kappa shape index (κ3) is 2.38. The van der Waals surface area contributed by atoms with Crippen molar-refractivity contribution < 1.29 is 9.47 Å². The second-order valence-electron chi connectivity index (χ2n) is 5.00. The van der Waals surface area contributed by atoms with E-state index in [9.17, 15) is 0 Å². The third-order valence-corrected chi connectivity index (χ3v) is 3.64. The highest BCUT2D eigenvalue weighted by molar-refractivity contribution is 5.58. The fourth-order valence-corrected chi connectivity index (χ4v) is 2.69. The summed E-state index contributed by atoms with van der Waals surface area (Å²) in [4.78, 5) is 2.44. The number of benzene rings is 1. The number of nitrogen functional groups attached to an aromatic ring is 1. The minimum absolute atomic E-state index is 0.708. The van der Waals surface area contributed by atoms with Gasteiger partial charge in [0.15, 0.2) is 11.5 Å². The van der Waals surface area contributed by atoms with Crippen molar-refractivity contribution in [1.29, 1.82) is 0 Å². The Bertz CT molecular complexity index is 428. The Morgan fingerprint density at radius 3 is 2.94 bits per heavy atom. The molecule has 0 aliphatic carbocycles. The summed E-state index contributed by atoms with van der Waals surface area (Å²) in [5, 5.41) is 0. The Hall–Kier alpha value is -1.42. The van der Waals surface area contributed by atoms with Gasteiger partial charge in [-0.25, -0.2) is 0 Å². The first-order chi connectivity index (χ1) is 8.83. The number of anilines is 1. The minimum atomic E-state index is 0.708. The molecule has 0 unspecified atom stereocenters. The van der Waals surface area contributed by atoms with E-state index in [0.717, 1.165) is 36.8 Å². The summed E-state index contributed by atoms with van der Waals surface area (Å²) < 4.78 is 11.5. The molecule has 4 heteroatoms. The molecule has 1 aromatic carbocycles.